The van der Waals surface area contributed by atoms with Gasteiger partial charge in [-0.05, 0) is 37.1 Å². The van der Waals surface area contributed by atoms with Gasteiger partial charge in [0.25, 0.3) is 0 Å². The van der Waals surface area contributed by atoms with Gasteiger partial charge in [0.05, 0.1) is 13.2 Å². The van der Waals surface area contributed by atoms with Crippen LogP contribution < -0.4 is 20.1 Å². The SMILES string of the molecule is CN=C(NCCCCOc1ccccc1)NCCOc1ccccc1.I. The molecule has 0 aliphatic rings. The molecule has 2 N–H and O–H groups in total. The number of aliphatic imine (C=N–C) groups is 1. The molecular weight excluding hydrogens is 441 g/mol. The van der Waals surface area contributed by atoms with Crippen LogP contribution in [0, 0.1) is 0 Å². The number of guanidine groups is 1. The molecule has 5 nitrogen and oxygen atoms in total. The molecule has 0 heterocycles. The molecule has 2 aromatic rings. The lowest BCUT2D eigenvalue weighted by molar-refractivity contribution is 0.307. The largest absolute Gasteiger partial charge is 0.494 e. The summed E-state index contributed by atoms with van der Waals surface area (Å²) in [5.41, 5.74) is 0. The van der Waals surface area contributed by atoms with Crippen LogP contribution >= 0.6 is 24.0 Å². The summed E-state index contributed by atoms with van der Waals surface area (Å²) in [5, 5.41) is 6.53. The second-order valence-electron chi connectivity index (χ2n) is 5.46. The Morgan fingerprint density at radius 1 is 0.769 bits per heavy atom. The molecule has 0 spiro atoms. The predicted octanol–water partition coefficient (Wildman–Crippen LogP) is 3.71. The maximum absolute atomic E-state index is 5.67. The molecule has 2 rings (SSSR count). The third kappa shape index (κ3) is 9.50. The Kier molecular flexibility index (Phi) is 12.1. The number of hydrogen-bond donors (Lipinski definition) is 2. The van der Waals surface area contributed by atoms with Crippen LogP contribution in [0.25, 0.3) is 0 Å². The molecule has 0 fully saturated rings. The van der Waals surface area contributed by atoms with E-state index < -0.39 is 0 Å². The van der Waals surface area contributed by atoms with E-state index in [0.29, 0.717) is 13.2 Å². The molecule has 142 valence electrons. The highest BCUT2D eigenvalue weighted by Gasteiger charge is 1.98. The van der Waals surface area contributed by atoms with Crippen LogP contribution in [0.5, 0.6) is 11.5 Å². The number of nitrogens with one attached hydrogen (secondary N) is 2. The summed E-state index contributed by atoms with van der Waals surface area (Å²) in [5.74, 6) is 2.60. The monoisotopic (exact) mass is 469 g/mol. The fourth-order valence-corrected chi connectivity index (χ4v) is 2.22. The Morgan fingerprint density at radius 3 is 1.88 bits per heavy atom. The normalized spacial score (nSPS) is 10.6. The van der Waals surface area contributed by atoms with Crippen LogP contribution in [-0.2, 0) is 0 Å². The van der Waals surface area contributed by atoms with Crippen molar-refractivity contribution in [1.82, 2.24) is 10.6 Å². The molecule has 0 saturated carbocycles. The lowest BCUT2D eigenvalue weighted by Gasteiger charge is -2.12. The quantitative estimate of drug-likeness (QED) is 0.241. The number of rotatable bonds is 10. The van der Waals surface area contributed by atoms with Crippen molar-refractivity contribution in [2.45, 2.75) is 12.8 Å². The lowest BCUT2D eigenvalue weighted by atomic mass is 10.3. The molecule has 0 aliphatic heterocycles. The van der Waals surface area contributed by atoms with Crippen LogP contribution in [0.1, 0.15) is 12.8 Å². The van der Waals surface area contributed by atoms with E-state index >= 15 is 0 Å². The van der Waals surface area contributed by atoms with Crippen LogP contribution in [-0.4, -0.2) is 39.3 Å². The third-order valence-corrected chi connectivity index (χ3v) is 3.51. The Hall–Kier alpha value is -1.96. The second kappa shape index (κ2) is 14.2. The number of benzene rings is 2. The first-order chi connectivity index (χ1) is 12.4. The Bertz CT molecular complexity index is 609. The highest BCUT2D eigenvalue weighted by Crippen LogP contribution is 2.08. The standard InChI is InChI=1S/C20H27N3O2.HI/c1-21-20(23-15-17-25-19-12-6-3-7-13-19)22-14-8-9-16-24-18-10-4-2-5-11-18;/h2-7,10-13H,8-9,14-17H2,1H3,(H2,21,22,23);1H. The highest BCUT2D eigenvalue weighted by atomic mass is 127. The Balaban J connectivity index is 0.00000338. The minimum absolute atomic E-state index is 0. The average molecular weight is 469 g/mol. The molecule has 0 bridgehead atoms. The molecule has 0 aromatic heterocycles. The average Bonchev–Trinajstić information content (AvgIpc) is 2.67. The van der Waals surface area contributed by atoms with E-state index in [4.69, 9.17) is 9.47 Å². The second-order valence-corrected chi connectivity index (χ2v) is 5.46. The number of nitrogens with zero attached hydrogens (tertiary/aromatic N) is 1. The molecule has 0 aliphatic carbocycles. The molecule has 26 heavy (non-hydrogen) atoms. The zero-order chi connectivity index (χ0) is 17.6. The predicted molar refractivity (Wildman–Crippen MR) is 118 cm³/mol. The minimum Gasteiger partial charge on any atom is -0.494 e. The van der Waals surface area contributed by atoms with E-state index in [1.807, 2.05) is 60.7 Å². The molecule has 0 amide bonds. The summed E-state index contributed by atoms with van der Waals surface area (Å²) in [4.78, 5) is 4.21. The van der Waals surface area contributed by atoms with Gasteiger partial charge in [-0.25, -0.2) is 0 Å². The topological polar surface area (TPSA) is 54.9 Å². The van der Waals surface area contributed by atoms with Crippen molar-refractivity contribution in [2.24, 2.45) is 4.99 Å². The van der Waals surface area contributed by atoms with E-state index in [1.54, 1.807) is 7.05 Å². The van der Waals surface area contributed by atoms with Crippen molar-refractivity contribution in [1.29, 1.82) is 0 Å². The maximum atomic E-state index is 5.67. The van der Waals surface area contributed by atoms with Crippen molar-refractivity contribution in [2.75, 3.05) is 33.4 Å². The molecule has 2 aromatic carbocycles. The van der Waals surface area contributed by atoms with Crippen LogP contribution in [0.4, 0.5) is 0 Å². The van der Waals surface area contributed by atoms with Crippen molar-refractivity contribution in [3.63, 3.8) is 0 Å². The first-order valence-corrected chi connectivity index (χ1v) is 8.68. The fraction of sp³-hybridized carbons (Fsp3) is 0.350. The van der Waals surface area contributed by atoms with Gasteiger partial charge in [0.2, 0.25) is 0 Å². The van der Waals surface area contributed by atoms with E-state index in [-0.39, 0.29) is 24.0 Å². The third-order valence-electron chi connectivity index (χ3n) is 3.51. The van der Waals surface area contributed by atoms with Crippen molar-refractivity contribution in [3.8, 4) is 11.5 Å². The van der Waals surface area contributed by atoms with Crippen LogP contribution in [0.15, 0.2) is 65.7 Å². The fourth-order valence-electron chi connectivity index (χ4n) is 2.22. The van der Waals surface area contributed by atoms with Crippen LogP contribution in [0.2, 0.25) is 0 Å². The molecule has 0 radical (unpaired) electrons. The van der Waals surface area contributed by atoms with Crippen molar-refractivity contribution in [3.05, 3.63) is 60.7 Å². The van der Waals surface area contributed by atoms with Gasteiger partial charge in [0.1, 0.15) is 18.1 Å². The number of para-hydroxylation sites is 2. The molecule has 0 unspecified atom stereocenters. The summed E-state index contributed by atoms with van der Waals surface area (Å²) in [6.45, 7) is 2.88. The van der Waals surface area contributed by atoms with E-state index in [9.17, 15) is 0 Å². The summed E-state index contributed by atoms with van der Waals surface area (Å²) in [6, 6.07) is 19.7. The number of ether oxygens (including phenoxy) is 2. The summed E-state index contributed by atoms with van der Waals surface area (Å²) < 4.78 is 11.3. The van der Waals surface area contributed by atoms with Crippen molar-refractivity contribution >= 4 is 29.9 Å². The summed E-state index contributed by atoms with van der Waals surface area (Å²) in [6.07, 6.45) is 2.02. The van der Waals surface area contributed by atoms with Gasteiger partial charge < -0.3 is 20.1 Å². The number of hydrogen-bond acceptors (Lipinski definition) is 3. The first kappa shape index (κ1) is 22.1. The van der Waals surface area contributed by atoms with E-state index in [1.165, 1.54) is 0 Å². The maximum Gasteiger partial charge on any atom is 0.191 e. The highest BCUT2D eigenvalue weighted by molar-refractivity contribution is 14.0. The van der Waals surface area contributed by atoms with Gasteiger partial charge in [-0.15, -0.1) is 24.0 Å². The Morgan fingerprint density at radius 2 is 1.31 bits per heavy atom. The molecular formula is C20H28IN3O2. The van der Waals surface area contributed by atoms with Gasteiger partial charge in [0.15, 0.2) is 5.96 Å². The van der Waals surface area contributed by atoms with Gasteiger partial charge in [-0.1, -0.05) is 36.4 Å². The summed E-state index contributed by atoms with van der Waals surface area (Å²) >= 11 is 0. The zero-order valence-electron chi connectivity index (χ0n) is 15.2. The summed E-state index contributed by atoms with van der Waals surface area (Å²) in [7, 11) is 1.77. The Labute approximate surface area is 173 Å². The first-order valence-electron chi connectivity index (χ1n) is 8.68. The lowest BCUT2D eigenvalue weighted by Crippen LogP contribution is -2.39. The zero-order valence-corrected chi connectivity index (χ0v) is 17.5. The van der Waals surface area contributed by atoms with Gasteiger partial charge >= 0.3 is 0 Å². The van der Waals surface area contributed by atoms with Gasteiger partial charge in [-0.3, -0.25) is 4.99 Å². The minimum atomic E-state index is 0. The molecule has 0 saturated heterocycles. The van der Waals surface area contributed by atoms with E-state index in [2.05, 4.69) is 15.6 Å². The van der Waals surface area contributed by atoms with Gasteiger partial charge in [0, 0.05) is 13.6 Å². The van der Waals surface area contributed by atoms with Crippen molar-refractivity contribution < 1.29 is 9.47 Å². The molecule has 0 atom stereocenters. The van der Waals surface area contributed by atoms with Crippen LogP contribution in [0.3, 0.4) is 0 Å². The van der Waals surface area contributed by atoms with E-state index in [0.717, 1.165) is 43.5 Å². The smallest absolute Gasteiger partial charge is 0.191 e. The number of unbranched alkanes of at least 4 members (excludes halogenated alkanes) is 1. The number of halogens is 1. The molecule has 6 heteroatoms. The van der Waals surface area contributed by atoms with Gasteiger partial charge in [-0.2, -0.15) is 0 Å².